The first-order valence-corrected chi connectivity index (χ1v) is 8.82. The third-order valence-electron chi connectivity index (χ3n) is 3.97. The highest BCUT2D eigenvalue weighted by molar-refractivity contribution is 14.0. The van der Waals surface area contributed by atoms with Crippen molar-refractivity contribution in [3.8, 4) is 17.2 Å². The fraction of sp³-hybridized carbons (Fsp3) is 0.350. The Morgan fingerprint density at radius 2 is 1.90 bits per heavy atom. The molecule has 0 aliphatic carbocycles. The minimum Gasteiger partial charge on any atom is -0.504 e. The van der Waals surface area contributed by atoms with E-state index in [9.17, 15) is 13.9 Å². The van der Waals surface area contributed by atoms with Gasteiger partial charge in [0.25, 0.3) is 0 Å². The van der Waals surface area contributed by atoms with Gasteiger partial charge in [0.15, 0.2) is 17.5 Å². The predicted molar refractivity (Wildman–Crippen MR) is 119 cm³/mol. The van der Waals surface area contributed by atoms with Gasteiger partial charge < -0.3 is 24.8 Å². The van der Waals surface area contributed by atoms with Crippen LogP contribution in [-0.2, 0) is 13.1 Å². The van der Waals surface area contributed by atoms with E-state index in [1.807, 2.05) is 18.9 Å². The van der Waals surface area contributed by atoms with E-state index < -0.39 is 6.61 Å². The van der Waals surface area contributed by atoms with E-state index in [0.717, 1.165) is 5.56 Å². The minimum absolute atomic E-state index is 0. The molecule has 0 radical (unpaired) electrons. The van der Waals surface area contributed by atoms with Crippen molar-refractivity contribution in [2.24, 2.45) is 4.99 Å². The first-order valence-electron chi connectivity index (χ1n) is 8.82. The van der Waals surface area contributed by atoms with Gasteiger partial charge in [-0.3, -0.25) is 0 Å². The zero-order valence-electron chi connectivity index (χ0n) is 16.6. The second-order valence-electron chi connectivity index (χ2n) is 6.02. The summed E-state index contributed by atoms with van der Waals surface area (Å²) in [6.45, 7) is 0.591. The molecule has 0 heterocycles. The highest BCUT2D eigenvalue weighted by Crippen LogP contribution is 2.29. The van der Waals surface area contributed by atoms with E-state index in [-0.39, 0.29) is 42.0 Å². The summed E-state index contributed by atoms with van der Waals surface area (Å²) in [5.74, 6) is 1.24. The number of methoxy groups -OCH3 is 1. The molecular formula is C20H26F2IN3O3. The van der Waals surface area contributed by atoms with Crippen LogP contribution in [0.5, 0.6) is 17.2 Å². The highest BCUT2D eigenvalue weighted by Gasteiger charge is 2.10. The molecule has 0 amide bonds. The fourth-order valence-electron chi connectivity index (χ4n) is 2.61. The van der Waals surface area contributed by atoms with Crippen LogP contribution in [0.2, 0.25) is 0 Å². The first-order chi connectivity index (χ1) is 13.4. The standard InChI is InChI=1S/C20H25F2N3O3.HI/c1-4-23-20(24-12-15-6-5-7-17(27-3)18(15)26)25(2)13-14-8-10-16(11-9-14)28-19(21)22;/h5-11,19,26H,4,12-13H2,1-3H3,(H,23,24);1H. The molecule has 0 bridgehead atoms. The number of halogens is 3. The van der Waals surface area contributed by atoms with Crippen LogP contribution in [0.15, 0.2) is 47.5 Å². The number of phenols is 1. The van der Waals surface area contributed by atoms with Crippen molar-refractivity contribution in [1.29, 1.82) is 0 Å². The Labute approximate surface area is 186 Å². The molecule has 0 saturated carbocycles. The Hall–Kier alpha value is -2.30. The molecular weight excluding hydrogens is 495 g/mol. The molecule has 2 rings (SSSR count). The average Bonchev–Trinajstić information content (AvgIpc) is 2.67. The number of alkyl halides is 2. The van der Waals surface area contributed by atoms with E-state index in [2.05, 4.69) is 15.0 Å². The first kappa shape index (κ1) is 24.7. The lowest BCUT2D eigenvalue weighted by atomic mass is 10.2. The molecule has 2 N–H and O–H groups in total. The maximum absolute atomic E-state index is 12.2. The van der Waals surface area contributed by atoms with Crippen molar-refractivity contribution in [2.75, 3.05) is 20.7 Å². The molecule has 2 aromatic rings. The van der Waals surface area contributed by atoms with Gasteiger partial charge in [-0.05, 0) is 30.7 Å². The molecule has 0 aliphatic heterocycles. The largest absolute Gasteiger partial charge is 0.504 e. The normalized spacial score (nSPS) is 11.0. The summed E-state index contributed by atoms with van der Waals surface area (Å²) < 4.78 is 34.0. The number of aliphatic imine (C=N–C) groups is 1. The van der Waals surface area contributed by atoms with Crippen LogP contribution in [-0.4, -0.2) is 43.3 Å². The van der Waals surface area contributed by atoms with E-state index in [0.29, 0.717) is 30.4 Å². The van der Waals surface area contributed by atoms with E-state index in [1.54, 1.807) is 30.3 Å². The summed E-state index contributed by atoms with van der Waals surface area (Å²) in [5, 5.41) is 13.4. The Balaban J connectivity index is 0.00000420. The van der Waals surface area contributed by atoms with Gasteiger partial charge in [0.05, 0.1) is 13.7 Å². The van der Waals surface area contributed by atoms with Gasteiger partial charge in [0.1, 0.15) is 5.75 Å². The van der Waals surface area contributed by atoms with Crippen LogP contribution >= 0.6 is 24.0 Å². The summed E-state index contributed by atoms with van der Waals surface area (Å²) in [6.07, 6.45) is 0. The molecule has 0 aliphatic rings. The molecule has 6 nitrogen and oxygen atoms in total. The summed E-state index contributed by atoms with van der Waals surface area (Å²) in [4.78, 5) is 6.47. The highest BCUT2D eigenvalue weighted by atomic mass is 127. The summed E-state index contributed by atoms with van der Waals surface area (Å²) in [5.41, 5.74) is 1.57. The maximum Gasteiger partial charge on any atom is 0.387 e. The SMILES string of the molecule is CCNC(=NCc1cccc(OC)c1O)N(C)Cc1ccc(OC(F)F)cc1.I. The lowest BCUT2D eigenvalue weighted by Crippen LogP contribution is -2.38. The summed E-state index contributed by atoms with van der Waals surface area (Å²) >= 11 is 0. The number of ether oxygens (including phenoxy) is 2. The van der Waals surface area contributed by atoms with Crippen molar-refractivity contribution < 1.29 is 23.4 Å². The summed E-state index contributed by atoms with van der Waals surface area (Å²) in [6, 6.07) is 11.7. The van der Waals surface area contributed by atoms with Crippen LogP contribution in [0.3, 0.4) is 0 Å². The van der Waals surface area contributed by atoms with Crippen LogP contribution in [0.4, 0.5) is 8.78 Å². The number of para-hydroxylation sites is 1. The molecule has 29 heavy (non-hydrogen) atoms. The lowest BCUT2D eigenvalue weighted by Gasteiger charge is -2.22. The van der Waals surface area contributed by atoms with Gasteiger partial charge in [0.2, 0.25) is 0 Å². The van der Waals surface area contributed by atoms with E-state index in [1.165, 1.54) is 19.2 Å². The van der Waals surface area contributed by atoms with Gasteiger partial charge >= 0.3 is 6.61 Å². The lowest BCUT2D eigenvalue weighted by molar-refractivity contribution is -0.0498. The van der Waals surface area contributed by atoms with Gasteiger partial charge in [-0.2, -0.15) is 8.78 Å². The van der Waals surface area contributed by atoms with Crippen molar-refractivity contribution >= 4 is 29.9 Å². The molecule has 0 saturated heterocycles. The second-order valence-corrected chi connectivity index (χ2v) is 6.02. The Bertz CT molecular complexity index is 789. The molecule has 0 spiro atoms. The number of nitrogens with zero attached hydrogens (tertiary/aromatic N) is 2. The fourth-order valence-corrected chi connectivity index (χ4v) is 2.61. The quantitative estimate of drug-likeness (QED) is 0.310. The number of guanidine groups is 1. The Morgan fingerprint density at radius 1 is 1.21 bits per heavy atom. The van der Waals surface area contributed by atoms with Crippen molar-refractivity contribution in [3.63, 3.8) is 0 Å². The Morgan fingerprint density at radius 3 is 2.48 bits per heavy atom. The second kappa shape index (κ2) is 12.3. The monoisotopic (exact) mass is 521 g/mol. The van der Waals surface area contributed by atoms with Crippen molar-refractivity contribution in [2.45, 2.75) is 26.6 Å². The van der Waals surface area contributed by atoms with Crippen LogP contribution in [0.25, 0.3) is 0 Å². The molecule has 0 atom stereocenters. The number of nitrogens with one attached hydrogen (secondary N) is 1. The smallest absolute Gasteiger partial charge is 0.387 e. The zero-order chi connectivity index (χ0) is 20.5. The summed E-state index contributed by atoms with van der Waals surface area (Å²) in [7, 11) is 3.37. The van der Waals surface area contributed by atoms with Crippen LogP contribution in [0.1, 0.15) is 18.1 Å². The van der Waals surface area contributed by atoms with Crippen molar-refractivity contribution in [3.05, 3.63) is 53.6 Å². The molecule has 0 unspecified atom stereocenters. The number of aromatic hydroxyl groups is 1. The maximum atomic E-state index is 12.2. The predicted octanol–water partition coefficient (Wildman–Crippen LogP) is 4.22. The molecule has 160 valence electrons. The van der Waals surface area contributed by atoms with Crippen LogP contribution < -0.4 is 14.8 Å². The number of benzene rings is 2. The number of hydrogen-bond donors (Lipinski definition) is 2. The zero-order valence-corrected chi connectivity index (χ0v) is 18.9. The van der Waals surface area contributed by atoms with Gasteiger partial charge in [-0.15, -0.1) is 24.0 Å². The third-order valence-corrected chi connectivity index (χ3v) is 3.97. The van der Waals surface area contributed by atoms with Crippen LogP contribution in [0, 0.1) is 0 Å². The number of rotatable bonds is 8. The molecule has 0 fully saturated rings. The molecule has 9 heteroatoms. The minimum atomic E-state index is -2.84. The van der Waals surface area contributed by atoms with Gasteiger partial charge in [0, 0.05) is 25.7 Å². The number of phenolic OH excluding ortho intramolecular Hbond substituents is 1. The number of hydrogen-bond acceptors (Lipinski definition) is 4. The van der Waals surface area contributed by atoms with Crippen molar-refractivity contribution in [1.82, 2.24) is 10.2 Å². The topological polar surface area (TPSA) is 66.3 Å². The molecule has 0 aromatic heterocycles. The van der Waals surface area contributed by atoms with E-state index in [4.69, 9.17) is 4.74 Å². The van der Waals surface area contributed by atoms with Gasteiger partial charge in [-0.1, -0.05) is 24.3 Å². The molecule has 2 aromatic carbocycles. The van der Waals surface area contributed by atoms with Gasteiger partial charge in [-0.25, -0.2) is 4.99 Å². The Kier molecular flexibility index (Phi) is 10.5. The third kappa shape index (κ3) is 7.56. The van der Waals surface area contributed by atoms with E-state index >= 15 is 0 Å². The average molecular weight is 521 g/mol.